The van der Waals surface area contributed by atoms with Crippen LogP contribution in [0.15, 0.2) is 5.16 Å². The van der Waals surface area contributed by atoms with E-state index in [-0.39, 0.29) is 17.3 Å². The Bertz CT molecular complexity index is 467. The predicted molar refractivity (Wildman–Crippen MR) is 75.2 cm³/mol. The van der Waals surface area contributed by atoms with Crippen LogP contribution >= 0.6 is 11.8 Å². The second kappa shape index (κ2) is 5.96. The Labute approximate surface area is 117 Å². The minimum absolute atomic E-state index is 0.260. The van der Waals surface area contributed by atoms with Gasteiger partial charge in [-0.3, -0.25) is 4.79 Å². The lowest BCUT2D eigenvalue weighted by Gasteiger charge is -2.15. The Morgan fingerprint density at radius 3 is 2.95 bits per heavy atom. The first kappa shape index (κ1) is 14.4. The molecule has 1 saturated heterocycles. The van der Waals surface area contributed by atoms with E-state index in [0.29, 0.717) is 0 Å². The van der Waals surface area contributed by atoms with Crippen molar-refractivity contribution in [2.24, 2.45) is 5.73 Å². The summed E-state index contributed by atoms with van der Waals surface area (Å²) in [6.07, 6.45) is 2.47. The van der Waals surface area contributed by atoms with Crippen molar-refractivity contribution >= 4 is 17.7 Å². The lowest BCUT2D eigenvalue weighted by molar-refractivity contribution is -0.117. The minimum Gasteiger partial charge on any atom is -0.376 e. The molecule has 0 aliphatic carbocycles. The molecular formula is C13H21N3O2S. The fourth-order valence-electron chi connectivity index (χ4n) is 2.14. The summed E-state index contributed by atoms with van der Waals surface area (Å²) in [4.78, 5) is 15.7. The maximum Gasteiger partial charge on any atom is 0.230 e. The molecule has 1 aliphatic rings. The molecule has 1 aliphatic heterocycles. The Kier molecular flexibility index (Phi) is 4.52. The topological polar surface area (TPSA) is 70.1 Å². The average molecular weight is 283 g/mol. The summed E-state index contributed by atoms with van der Waals surface area (Å²) in [6.45, 7) is 7.50. The molecule has 0 unspecified atom stereocenters. The molecule has 0 radical (unpaired) electrons. The van der Waals surface area contributed by atoms with E-state index in [1.165, 1.54) is 11.8 Å². The highest BCUT2D eigenvalue weighted by molar-refractivity contribution is 8.00. The van der Waals surface area contributed by atoms with Gasteiger partial charge in [0.15, 0.2) is 5.16 Å². The summed E-state index contributed by atoms with van der Waals surface area (Å²) >= 11 is 1.42. The number of aromatic nitrogens is 2. The first-order valence-electron chi connectivity index (χ1n) is 6.60. The van der Waals surface area contributed by atoms with Crippen LogP contribution in [0.1, 0.15) is 31.2 Å². The third-order valence-corrected chi connectivity index (χ3v) is 4.62. The quantitative estimate of drug-likeness (QED) is 0.834. The number of hydrogen-bond donors (Lipinski definition) is 1. The van der Waals surface area contributed by atoms with Crippen LogP contribution in [-0.2, 0) is 16.1 Å². The predicted octanol–water partition coefficient (Wildman–Crippen LogP) is 1.64. The zero-order chi connectivity index (χ0) is 14.0. The molecule has 106 valence electrons. The lowest BCUT2D eigenvalue weighted by atomic mass is 10.2. The van der Waals surface area contributed by atoms with Gasteiger partial charge in [0.05, 0.1) is 23.6 Å². The summed E-state index contributed by atoms with van der Waals surface area (Å²) in [5, 5.41) is 0.584. The monoisotopic (exact) mass is 283 g/mol. The van der Waals surface area contributed by atoms with E-state index >= 15 is 0 Å². The molecule has 19 heavy (non-hydrogen) atoms. The minimum atomic E-state index is -0.313. The lowest BCUT2D eigenvalue weighted by Crippen LogP contribution is -2.24. The molecular weight excluding hydrogens is 262 g/mol. The normalized spacial score (nSPS) is 20.7. The van der Waals surface area contributed by atoms with E-state index < -0.39 is 0 Å². The van der Waals surface area contributed by atoms with Gasteiger partial charge in [0.1, 0.15) is 0 Å². The van der Waals surface area contributed by atoms with Gasteiger partial charge in [0.25, 0.3) is 0 Å². The fraction of sp³-hybridized carbons (Fsp3) is 0.692. The van der Waals surface area contributed by atoms with Gasteiger partial charge in [-0.2, -0.15) is 0 Å². The van der Waals surface area contributed by atoms with Gasteiger partial charge in [-0.25, -0.2) is 4.98 Å². The number of carbonyl (C=O) groups excluding carboxylic acids is 1. The van der Waals surface area contributed by atoms with Gasteiger partial charge < -0.3 is 15.0 Å². The maximum absolute atomic E-state index is 11.2. The van der Waals surface area contributed by atoms with Gasteiger partial charge in [0.2, 0.25) is 5.91 Å². The van der Waals surface area contributed by atoms with Crippen molar-refractivity contribution in [2.75, 3.05) is 6.61 Å². The van der Waals surface area contributed by atoms with Gasteiger partial charge in [-0.05, 0) is 33.6 Å². The third-order valence-electron chi connectivity index (χ3n) is 3.52. The van der Waals surface area contributed by atoms with Crippen LogP contribution in [0, 0.1) is 13.8 Å². The van der Waals surface area contributed by atoms with Crippen molar-refractivity contribution in [3.8, 4) is 0 Å². The molecule has 2 heterocycles. The molecule has 0 spiro atoms. The summed E-state index contributed by atoms with van der Waals surface area (Å²) in [5.41, 5.74) is 7.45. The van der Waals surface area contributed by atoms with E-state index in [4.69, 9.17) is 10.5 Å². The van der Waals surface area contributed by atoms with Crippen molar-refractivity contribution < 1.29 is 9.53 Å². The summed E-state index contributed by atoms with van der Waals surface area (Å²) < 4.78 is 7.83. The van der Waals surface area contributed by atoms with Gasteiger partial charge in [-0.15, -0.1) is 0 Å². The number of carbonyl (C=O) groups is 1. The van der Waals surface area contributed by atoms with E-state index in [0.717, 1.165) is 42.5 Å². The second-order valence-electron chi connectivity index (χ2n) is 4.97. The van der Waals surface area contributed by atoms with Crippen LogP contribution in [0.3, 0.4) is 0 Å². The van der Waals surface area contributed by atoms with Crippen LogP contribution in [0.25, 0.3) is 0 Å². The van der Waals surface area contributed by atoms with E-state index in [9.17, 15) is 4.79 Å². The number of primary amides is 1. The Morgan fingerprint density at radius 1 is 1.63 bits per heavy atom. The van der Waals surface area contributed by atoms with Crippen molar-refractivity contribution in [3.05, 3.63) is 11.4 Å². The Balaban J connectivity index is 2.17. The van der Waals surface area contributed by atoms with Crippen LogP contribution in [0.4, 0.5) is 0 Å². The summed E-state index contributed by atoms with van der Waals surface area (Å²) in [5.74, 6) is -0.313. The molecule has 1 amide bonds. The highest BCUT2D eigenvalue weighted by Gasteiger charge is 2.22. The largest absolute Gasteiger partial charge is 0.376 e. The van der Waals surface area contributed by atoms with Crippen LogP contribution < -0.4 is 5.73 Å². The molecule has 0 aromatic carbocycles. The summed E-state index contributed by atoms with van der Waals surface area (Å²) in [6, 6.07) is 0. The van der Waals surface area contributed by atoms with Crippen molar-refractivity contribution in [1.29, 1.82) is 0 Å². The molecule has 0 saturated carbocycles. The zero-order valence-electron chi connectivity index (χ0n) is 11.7. The number of ether oxygens (including phenoxy) is 1. The Hall–Kier alpha value is -1.01. The molecule has 1 fully saturated rings. The third kappa shape index (κ3) is 3.30. The van der Waals surface area contributed by atoms with Crippen LogP contribution in [-0.4, -0.2) is 33.4 Å². The first-order chi connectivity index (χ1) is 8.99. The van der Waals surface area contributed by atoms with Crippen molar-refractivity contribution in [3.63, 3.8) is 0 Å². The van der Waals surface area contributed by atoms with Gasteiger partial charge in [0, 0.05) is 12.3 Å². The number of amides is 1. The van der Waals surface area contributed by atoms with Crippen molar-refractivity contribution in [1.82, 2.24) is 9.55 Å². The smallest absolute Gasteiger partial charge is 0.230 e. The summed E-state index contributed by atoms with van der Waals surface area (Å²) in [7, 11) is 0. The fourth-order valence-corrected chi connectivity index (χ4v) is 3.10. The molecule has 1 aromatic rings. The number of imidazole rings is 1. The molecule has 0 bridgehead atoms. The molecule has 2 N–H and O–H groups in total. The zero-order valence-corrected chi connectivity index (χ0v) is 12.5. The van der Waals surface area contributed by atoms with Gasteiger partial charge >= 0.3 is 0 Å². The highest BCUT2D eigenvalue weighted by Crippen LogP contribution is 2.26. The van der Waals surface area contributed by atoms with Crippen LogP contribution in [0.5, 0.6) is 0 Å². The highest BCUT2D eigenvalue weighted by atomic mass is 32.2. The average Bonchev–Trinajstić information content (AvgIpc) is 2.94. The van der Waals surface area contributed by atoms with E-state index in [1.54, 1.807) is 0 Å². The number of aryl methyl sites for hydroxylation is 1. The van der Waals surface area contributed by atoms with Crippen LogP contribution in [0.2, 0.25) is 0 Å². The standard InChI is InChI=1S/C13H21N3O2S/c1-8-9(2)16(7-11-5-4-6-18-11)13(15-8)19-10(3)12(14)17/h10-11H,4-7H2,1-3H3,(H2,14,17)/t10-,11-/m0/s1. The number of hydrogen-bond acceptors (Lipinski definition) is 4. The van der Waals surface area contributed by atoms with E-state index in [2.05, 4.69) is 16.5 Å². The Morgan fingerprint density at radius 2 is 2.37 bits per heavy atom. The maximum atomic E-state index is 11.2. The second-order valence-corrected chi connectivity index (χ2v) is 6.28. The number of rotatable bonds is 5. The first-order valence-corrected chi connectivity index (χ1v) is 7.48. The van der Waals surface area contributed by atoms with Gasteiger partial charge in [-0.1, -0.05) is 11.8 Å². The molecule has 2 rings (SSSR count). The number of nitrogens with zero attached hydrogens (tertiary/aromatic N) is 2. The molecule has 2 atom stereocenters. The van der Waals surface area contributed by atoms with Crippen molar-refractivity contribution in [2.45, 2.75) is 56.7 Å². The SMILES string of the molecule is Cc1nc(S[C@@H](C)C(N)=O)n(C[C@@H]2CCCO2)c1C. The number of nitrogens with two attached hydrogens (primary N) is 1. The van der Waals surface area contributed by atoms with E-state index in [1.807, 2.05) is 13.8 Å². The molecule has 5 nitrogen and oxygen atoms in total. The molecule has 6 heteroatoms. The molecule has 1 aromatic heterocycles. The number of thioether (sulfide) groups is 1.